The predicted octanol–water partition coefficient (Wildman–Crippen LogP) is 8.10. The Bertz CT molecular complexity index is 1520. The van der Waals surface area contributed by atoms with Crippen LogP contribution >= 0.6 is 0 Å². The monoisotopic (exact) mass is 524 g/mol. The van der Waals surface area contributed by atoms with E-state index in [2.05, 4.69) is 31.4 Å². The van der Waals surface area contributed by atoms with Gasteiger partial charge in [0, 0.05) is 11.3 Å². The molecule has 0 saturated heterocycles. The molecule has 4 aromatic carbocycles. The topological polar surface area (TPSA) is 96.9 Å². The van der Waals surface area contributed by atoms with E-state index in [-0.39, 0.29) is 11.0 Å². The summed E-state index contributed by atoms with van der Waals surface area (Å²) in [4.78, 5) is 25.1. The second kappa shape index (κ2) is 11.3. The Kier molecular flexibility index (Phi) is 7.91. The zero-order chi connectivity index (χ0) is 28.2. The molecule has 0 spiro atoms. The number of benzene rings is 4. The van der Waals surface area contributed by atoms with Crippen LogP contribution in [0.1, 0.15) is 42.3 Å². The molecule has 0 aliphatic heterocycles. The molecule has 4 aromatic rings. The Morgan fingerprint density at radius 1 is 0.795 bits per heavy atom. The average molecular weight is 525 g/mol. The van der Waals surface area contributed by atoms with Gasteiger partial charge in [-0.05, 0) is 71.5 Å². The standard InChI is InChI=1S/C32H32N2O5/c1-20-10-6-8-12-26(20)33-31(37)34-27-18-21(23-16-15-22(38-5)19-24(23)30(35)36)14-17-29(27)39-28-13-9-7-11-25(28)32(2,3)4/h6-19H,1-5H3,(H,35,36)(H2,33,34,37). The third-order valence-electron chi connectivity index (χ3n) is 6.30. The average Bonchev–Trinajstić information content (AvgIpc) is 2.90. The van der Waals surface area contributed by atoms with E-state index in [9.17, 15) is 14.7 Å². The predicted molar refractivity (Wildman–Crippen MR) is 154 cm³/mol. The van der Waals surface area contributed by atoms with E-state index < -0.39 is 12.0 Å². The highest BCUT2D eigenvalue weighted by atomic mass is 16.5. The first-order valence-corrected chi connectivity index (χ1v) is 12.5. The van der Waals surface area contributed by atoms with Gasteiger partial charge >= 0.3 is 12.0 Å². The minimum absolute atomic E-state index is 0.0800. The zero-order valence-corrected chi connectivity index (χ0v) is 22.7. The molecule has 0 fully saturated rings. The van der Waals surface area contributed by atoms with Gasteiger partial charge in [0.25, 0.3) is 0 Å². The number of ether oxygens (including phenoxy) is 2. The number of rotatable bonds is 7. The van der Waals surface area contributed by atoms with E-state index >= 15 is 0 Å². The van der Waals surface area contributed by atoms with Crippen LogP contribution in [0, 0.1) is 6.92 Å². The lowest BCUT2D eigenvalue weighted by Crippen LogP contribution is -2.20. The molecule has 0 atom stereocenters. The smallest absolute Gasteiger partial charge is 0.336 e. The number of aromatic carboxylic acids is 1. The number of methoxy groups -OCH3 is 1. The van der Waals surface area contributed by atoms with Crippen molar-refractivity contribution in [2.24, 2.45) is 0 Å². The van der Waals surface area contributed by atoms with E-state index in [1.807, 2.05) is 55.5 Å². The van der Waals surface area contributed by atoms with Crippen LogP contribution in [0.5, 0.6) is 17.2 Å². The normalized spacial score (nSPS) is 11.0. The molecule has 200 valence electrons. The number of aryl methyl sites for hydroxylation is 1. The van der Waals surface area contributed by atoms with E-state index in [1.54, 1.807) is 30.3 Å². The highest BCUT2D eigenvalue weighted by Crippen LogP contribution is 2.39. The van der Waals surface area contributed by atoms with Crippen molar-refractivity contribution in [3.8, 4) is 28.4 Å². The number of amides is 2. The van der Waals surface area contributed by atoms with Gasteiger partial charge in [-0.15, -0.1) is 0 Å². The molecule has 7 heteroatoms. The molecular weight excluding hydrogens is 492 g/mol. The van der Waals surface area contributed by atoms with Crippen molar-refractivity contribution >= 4 is 23.4 Å². The lowest BCUT2D eigenvalue weighted by molar-refractivity contribution is 0.0697. The van der Waals surface area contributed by atoms with Gasteiger partial charge in [-0.2, -0.15) is 0 Å². The second-order valence-electron chi connectivity index (χ2n) is 10.2. The first-order valence-electron chi connectivity index (χ1n) is 12.5. The fourth-order valence-corrected chi connectivity index (χ4v) is 4.25. The van der Waals surface area contributed by atoms with Crippen molar-refractivity contribution in [1.29, 1.82) is 0 Å². The van der Waals surface area contributed by atoms with Crippen molar-refractivity contribution in [3.63, 3.8) is 0 Å². The van der Waals surface area contributed by atoms with Crippen molar-refractivity contribution in [2.45, 2.75) is 33.1 Å². The molecule has 4 rings (SSSR count). The molecule has 0 heterocycles. The molecule has 2 amide bonds. The maximum absolute atomic E-state index is 13.1. The van der Waals surface area contributed by atoms with Crippen LogP contribution < -0.4 is 20.1 Å². The molecule has 0 unspecified atom stereocenters. The summed E-state index contributed by atoms with van der Waals surface area (Å²) >= 11 is 0. The van der Waals surface area contributed by atoms with Crippen molar-refractivity contribution in [1.82, 2.24) is 0 Å². The van der Waals surface area contributed by atoms with Gasteiger partial charge in [0.2, 0.25) is 0 Å². The summed E-state index contributed by atoms with van der Waals surface area (Å²) < 4.78 is 11.6. The number of carbonyl (C=O) groups is 2. The van der Waals surface area contributed by atoms with E-state index in [0.29, 0.717) is 39.8 Å². The quantitative estimate of drug-likeness (QED) is 0.227. The second-order valence-corrected chi connectivity index (χ2v) is 10.2. The number of carboxylic acid groups (broad SMARTS) is 1. The van der Waals surface area contributed by atoms with Gasteiger partial charge < -0.3 is 25.2 Å². The SMILES string of the molecule is COc1ccc(-c2ccc(Oc3ccccc3C(C)(C)C)c(NC(=O)Nc3ccccc3C)c2)c(C(=O)O)c1. The van der Waals surface area contributed by atoms with Crippen LogP contribution in [0.3, 0.4) is 0 Å². The van der Waals surface area contributed by atoms with E-state index in [1.165, 1.54) is 13.2 Å². The maximum Gasteiger partial charge on any atom is 0.336 e. The fraction of sp³-hybridized carbons (Fsp3) is 0.188. The molecule has 0 aliphatic rings. The Hall–Kier alpha value is -4.78. The van der Waals surface area contributed by atoms with Gasteiger partial charge in [-0.3, -0.25) is 0 Å². The molecule has 0 bridgehead atoms. The summed E-state index contributed by atoms with van der Waals surface area (Å²) in [5.74, 6) is 0.428. The van der Waals surface area contributed by atoms with E-state index in [4.69, 9.17) is 9.47 Å². The first kappa shape index (κ1) is 27.3. The molecule has 3 N–H and O–H groups in total. The largest absolute Gasteiger partial charge is 0.497 e. The summed E-state index contributed by atoms with van der Waals surface area (Å²) in [5.41, 5.74) is 3.96. The molecule has 0 radical (unpaired) electrons. The van der Waals surface area contributed by atoms with Crippen molar-refractivity contribution < 1.29 is 24.2 Å². The summed E-state index contributed by atoms with van der Waals surface area (Å²) in [6, 6.07) is 24.8. The van der Waals surface area contributed by atoms with Gasteiger partial charge in [-0.1, -0.05) is 63.2 Å². The van der Waals surface area contributed by atoms with Crippen LogP contribution in [-0.2, 0) is 5.41 Å². The van der Waals surface area contributed by atoms with Gasteiger partial charge in [0.15, 0.2) is 5.75 Å². The minimum Gasteiger partial charge on any atom is -0.497 e. The number of nitrogens with one attached hydrogen (secondary N) is 2. The highest BCUT2D eigenvalue weighted by Gasteiger charge is 2.21. The lowest BCUT2D eigenvalue weighted by Gasteiger charge is -2.23. The molecule has 7 nitrogen and oxygen atoms in total. The van der Waals surface area contributed by atoms with E-state index in [0.717, 1.165) is 11.1 Å². The van der Waals surface area contributed by atoms with Gasteiger partial charge in [0.1, 0.15) is 11.5 Å². The summed E-state index contributed by atoms with van der Waals surface area (Å²) in [6.07, 6.45) is 0. The van der Waals surface area contributed by atoms with Crippen LogP contribution in [-0.4, -0.2) is 24.2 Å². The molecule has 0 aromatic heterocycles. The van der Waals surface area contributed by atoms with Crippen molar-refractivity contribution in [2.75, 3.05) is 17.7 Å². The van der Waals surface area contributed by atoms with Crippen LogP contribution in [0.25, 0.3) is 11.1 Å². The molecule has 39 heavy (non-hydrogen) atoms. The maximum atomic E-state index is 13.1. The van der Waals surface area contributed by atoms with Gasteiger partial charge in [0.05, 0.1) is 18.4 Å². The lowest BCUT2D eigenvalue weighted by atomic mass is 9.86. The number of hydrogen-bond acceptors (Lipinski definition) is 4. The molecule has 0 saturated carbocycles. The number of para-hydroxylation sites is 2. The minimum atomic E-state index is -1.09. The highest BCUT2D eigenvalue weighted by molar-refractivity contribution is 6.02. The van der Waals surface area contributed by atoms with Crippen molar-refractivity contribution in [3.05, 3.63) is 102 Å². The summed E-state index contributed by atoms with van der Waals surface area (Å²) in [7, 11) is 1.48. The Balaban J connectivity index is 1.77. The third kappa shape index (κ3) is 6.38. The number of hydrogen-bond donors (Lipinski definition) is 3. The first-order chi connectivity index (χ1) is 18.6. The zero-order valence-electron chi connectivity index (χ0n) is 22.7. The third-order valence-corrected chi connectivity index (χ3v) is 6.30. The molecule has 0 aliphatic carbocycles. The number of carboxylic acids is 1. The number of anilines is 2. The summed E-state index contributed by atoms with van der Waals surface area (Å²) in [6.45, 7) is 8.21. The number of urea groups is 1. The Labute approximate surface area is 228 Å². The Morgan fingerprint density at radius 2 is 1.49 bits per heavy atom. The molecular formula is C32H32N2O5. The summed E-state index contributed by atoms with van der Waals surface area (Å²) in [5, 5.41) is 15.6. The van der Waals surface area contributed by atoms with Crippen LogP contribution in [0.2, 0.25) is 0 Å². The van der Waals surface area contributed by atoms with Gasteiger partial charge in [-0.25, -0.2) is 9.59 Å². The van der Waals surface area contributed by atoms with Crippen LogP contribution in [0.4, 0.5) is 16.2 Å². The fourth-order valence-electron chi connectivity index (χ4n) is 4.25. The van der Waals surface area contributed by atoms with Crippen LogP contribution in [0.15, 0.2) is 84.9 Å². The number of carbonyl (C=O) groups excluding carboxylic acids is 1. The Morgan fingerprint density at radius 3 is 2.18 bits per heavy atom.